The minimum absolute atomic E-state index is 0.664. The summed E-state index contributed by atoms with van der Waals surface area (Å²) in [7, 11) is 0. The van der Waals surface area contributed by atoms with Crippen molar-refractivity contribution >= 4 is 27.6 Å². The lowest BCUT2D eigenvalue weighted by Crippen LogP contribution is -2.32. The van der Waals surface area contributed by atoms with Gasteiger partial charge in [-0.3, -0.25) is 4.79 Å². The number of carboxylic acid groups (broad SMARTS) is 1. The molecule has 4 heteroatoms. The molecule has 0 atom stereocenters. The molecule has 1 N–H and O–H groups in total. The second kappa shape index (κ2) is 4.05. The Kier molecular flexibility index (Phi) is 2.63. The summed E-state index contributed by atoms with van der Waals surface area (Å²) in [5.41, 5.74) is 1.28. The predicted octanol–water partition coefficient (Wildman–Crippen LogP) is 3.50. The van der Waals surface area contributed by atoms with Crippen molar-refractivity contribution in [1.29, 1.82) is 0 Å². The summed E-state index contributed by atoms with van der Waals surface area (Å²) in [5.74, 6) is -0.680. The molecule has 3 nitrogen and oxygen atoms in total. The Hall–Kier alpha value is -1.42. The first-order valence-corrected chi connectivity index (χ1v) is 7.01. The van der Waals surface area contributed by atoms with Crippen LogP contribution < -0.4 is 0 Å². The molecule has 3 rings (SSSR count). The highest BCUT2D eigenvalue weighted by molar-refractivity contribution is 7.13. The minimum atomic E-state index is -0.680. The summed E-state index contributed by atoms with van der Waals surface area (Å²) >= 11 is 1.48. The van der Waals surface area contributed by atoms with Gasteiger partial charge in [-0.25, -0.2) is 0 Å². The predicted molar refractivity (Wildman–Crippen MR) is 72.1 cm³/mol. The van der Waals surface area contributed by atoms with Crippen molar-refractivity contribution in [3.63, 3.8) is 0 Å². The zero-order valence-electron chi connectivity index (χ0n) is 10.3. The standard InChI is InChI=1S/C14H15NO2S/c1-9-11-8-10(4-5-12(11)18-15-9)14(13(16)17)6-2-3-7-14/h4-5,8H,2-3,6-7H2,1H3,(H,16,17). The van der Waals surface area contributed by atoms with E-state index in [1.54, 1.807) is 0 Å². The molecular weight excluding hydrogens is 246 g/mol. The smallest absolute Gasteiger partial charge is 0.314 e. The van der Waals surface area contributed by atoms with Gasteiger partial charge < -0.3 is 5.11 Å². The monoisotopic (exact) mass is 261 g/mol. The van der Waals surface area contributed by atoms with Crippen LogP contribution in [0.2, 0.25) is 0 Å². The zero-order valence-corrected chi connectivity index (χ0v) is 11.1. The number of hydrogen-bond donors (Lipinski definition) is 1. The molecule has 2 aromatic rings. The van der Waals surface area contributed by atoms with Crippen LogP contribution in [0.4, 0.5) is 0 Å². The Morgan fingerprint density at radius 2 is 2.11 bits per heavy atom. The lowest BCUT2D eigenvalue weighted by Gasteiger charge is -2.24. The number of benzene rings is 1. The van der Waals surface area contributed by atoms with Crippen LogP contribution >= 0.6 is 11.5 Å². The summed E-state index contributed by atoms with van der Waals surface area (Å²) in [5, 5.41) is 10.7. The number of hydrogen-bond acceptors (Lipinski definition) is 3. The Bertz CT molecular complexity index is 611. The number of aromatic nitrogens is 1. The van der Waals surface area contributed by atoms with E-state index < -0.39 is 11.4 Å². The molecule has 1 fully saturated rings. The first-order chi connectivity index (χ1) is 8.63. The number of rotatable bonds is 2. The molecule has 1 aliphatic carbocycles. The Balaban J connectivity index is 2.17. The average molecular weight is 261 g/mol. The van der Waals surface area contributed by atoms with Crippen LogP contribution in [-0.4, -0.2) is 15.4 Å². The van der Waals surface area contributed by atoms with Crippen molar-refractivity contribution in [1.82, 2.24) is 4.37 Å². The molecule has 0 radical (unpaired) electrons. The van der Waals surface area contributed by atoms with Crippen LogP contribution in [0.3, 0.4) is 0 Å². The number of carbonyl (C=O) groups is 1. The van der Waals surface area contributed by atoms with E-state index in [1.165, 1.54) is 11.5 Å². The molecule has 1 aromatic heterocycles. The fourth-order valence-corrected chi connectivity index (χ4v) is 3.73. The van der Waals surface area contributed by atoms with Crippen molar-refractivity contribution in [3.05, 3.63) is 29.5 Å². The highest BCUT2D eigenvalue weighted by atomic mass is 32.1. The second-order valence-corrected chi connectivity index (χ2v) is 5.88. The normalized spacial score (nSPS) is 18.3. The Labute approximate surface area is 110 Å². The summed E-state index contributed by atoms with van der Waals surface area (Å²) < 4.78 is 5.46. The van der Waals surface area contributed by atoms with E-state index in [2.05, 4.69) is 4.37 Å². The van der Waals surface area contributed by atoms with Gasteiger partial charge in [0.1, 0.15) is 0 Å². The quantitative estimate of drug-likeness (QED) is 0.900. The maximum absolute atomic E-state index is 11.7. The van der Waals surface area contributed by atoms with E-state index in [-0.39, 0.29) is 0 Å². The van der Waals surface area contributed by atoms with Gasteiger partial charge in [0.25, 0.3) is 0 Å². The summed E-state index contributed by atoms with van der Waals surface area (Å²) in [6, 6.07) is 6.02. The summed E-state index contributed by atoms with van der Waals surface area (Å²) in [6.07, 6.45) is 3.52. The van der Waals surface area contributed by atoms with E-state index in [0.717, 1.165) is 47.0 Å². The number of aryl methyl sites for hydroxylation is 1. The third-order valence-corrected chi connectivity index (χ3v) is 4.99. The van der Waals surface area contributed by atoms with Crippen molar-refractivity contribution in [2.45, 2.75) is 38.0 Å². The molecule has 18 heavy (non-hydrogen) atoms. The third-order valence-electron chi connectivity index (χ3n) is 4.07. The molecule has 1 aromatic carbocycles. The van der Waals surface area contributed by atoms with Gasteiger partial charge in [-0.15, -0.1) is 0 Å². The molecule has 1 aliphatic rings. The highest BCUT2D eigenvalue weighted by Crippen LogP contribution is 2.42. The van der Waals surface area contributed by atoms with Crippen LogP contribution in [0.15, 0.2) is 18.2 Å². The molecule has 0 aliphatic heterocycles. The fraction of sp³-hybridized carbons (Fsp3) is 0.429. The Morgan fingerprint density at radius 1 is 1.39 bits per heavy atom. The molecule has 94 valence electrons. The molecule has 0 saturated heterocycles. The van der Waals surface area contributed by atoms with Crippen molar-refractivity contribution in [2.75, 3.05) is 0 Å². The molecule has 1 heterocycles. The number of fused-ring (bicyclic) bond motifs is 1. The van der Waals surface area contributed by atoms with Crippen molar-refractivity contribution in [3.8, 4) is 0 Å². The van der Waals surface area contributed by atoms with Gasteiger partial charge in [0.2, 0.25) is 0 Å². The van der Waals surface area contributed by atoms with Gasteiger partial charge >= 0.3 is 5.97 Å². The first-order valence-electron chi connectivity index (χ1n) is 6.23. The van der Waals surface area contributed by atoms with Crippen LogP contribution in [0.25, 0.3) is 10.1 Å². The lowest BCUT2D eigenvalue weighted by molar-refractivity contribution is -0.143. The maximum atomic E-state index is 11.7. The lowest BCUT2D eigenvalue weighted by atomic mass is 9.78. The maximum Gasteiger partial charge on any atom is 0.314 e. The van der Waals surface area contributed by atoms with Crippen molar-refractivity contribution < 1.29 is 9.90 Å². The Morgan fingerprint density at radius 3 is 2.78 bits per heavy atom. The van der Waals surface area contributed by atoms with Gasteiger partial charge in [0.05, 0.1) is 15.8 Å². The number of nitrogens with zero attached hydrogens (tertiary/aromatic N) is 1. The average Bonchev–Trinajstić information content (AvgIpc) is 2.97. The van der Waals surface area contributed by atoms with Crippen LogP contribution in [0.5, 0.6) is 0 Å². The van der Waals surface area contributed by atoms with Crippen LogP contribution in [0.1, 0.15) is 36.9 Å². The van der Waals surface area contributed by atoms with E-state index >= 15 is 0 Å². The fourth-order valence-electron chi connectivity index (χ4n) is 2.96. The SMILES string of the molecule is Cc1nsc2ccc(C3(C(=O)O)CCCC3)cc12. The summed E-state index contributed by atoms with van der Waals surface area (Å²) in [6.45, 7) is 1.98. The largest absolute Gasteiger partial charge is 0.481 e. The van der Waals surface area contributed by atoms with Crippen LogP contribution in [-0.2, 0) is 10.2 Å². The van der Waals surface area contributed by atoms with Gasteiger partial charge in [0, 0.05) is 5.39 Å². The topological polar surface area (TPSA) is 50.2 Å². The van der Waals surface area contributed by atoms with Crippen LogP contribution in [0, 0.1) is 6.92 Å². The minimum Gasteiger partial charge on any atom is -0.481 e. The highest BCUT2D eigenvalue weighted by Gasteiger charge is 2.42. The van der Waals surface area contributed by atoms with E-state index in [0.29, 0.717) is 0 Å². The second-order valence-electron chi connectivity index (χ2n) is 5.07. The van der Waals surface area contributed by atoms with E-state index in [1.807, 2.05) is 25.1 Å². The van der Waals surface area contributed by atoms with Gasteiger partial charge in [-0.2, -0.15) is 4.37 Å². The summed E-state index contributed by atoms with van der Waals surface area (Å²) in [4.78, 5) is 11.7. The molecule has 1 saturated carbocycles. The van der Waals surface area contributed by atoms with Crippen molar-refractivity contribution in [2.24, 2.45) is 0 Å². The molecule has 0 amide bonds. The van der Waals surface area contributed by atoms with E-state index in [4.69, 9.17) is 0 Å². The van der Waals surface area contributed by atoms with E-state index in [9.17, 15) is 9.90 Å². The molecule has 0 bridgehead atoms. The van der Waals surface area contributed by atoms with Gasteiger partial charge in [0.15, 0.2) is 0 Å². The first kappa shape index (κ1) is 11.7. The third kappa shape index (κ3) is 1.56. The zero-order chi connectivity index (χ0) is 12.8. The van der Waals surface area contributed by atoms with Gasteiger partial charge in [-0.05, 0) is 49.0 Å². The number of carboxylic acids is 1. The van der Waals surface area contributed by atoms with Gasteiger partial charge in [-0.1, -0.05) is 18.9 Å². The molecular formula is C14H15NO2S. The number of aliphatic carboxylic acids is 1. The molecule has 0 unspecified atom stereocenters. The molecule has 0 spiro atoms.